The van der Waals surface area contributed by atoms with Crippen LogP contribution in [-0.4, -0.2) is 11.5 Å². The van der Waals surface area contributed by atoms with Crippen LogP contribution in [0.25, 0.3) is 10.8 Å². The lowest BCUT2D eigenvalue weighted by Crippen LogP contribution is -2.24. The molecule has 3 heteroatoms. The van der Waals surface area contributed by atoms with Crippen molar-refractivity contribution in [2.75, 3.05) is 17.6 Å². The molecule has 21 heavy (non-hydrogen) atoms. The number of nitrogen functional groups attached to an aromatic ring is 1. The summed E-state index contributed by atoms with van der Waals surface area (Å²) in [5, 5.41) is 5.81. The molecule has 2 rings (SSSR count). The van der Waals surface area contributed by atoms with E-state index < -0.39 is 0 Å². The Kier molecular flexibility index (Phi) is 4.71. The standard InChI is InChI=1S/C18H27N3/c1-11(2)15(12(3)4)9-21-18-7-6-17(19)16-10-20-13(5)8-14(16)18/h6-8,10-12,15,21H,9,19H2,1-5H3. The topological polar surface area (TPSA) is 50.9 Å². The van der Waals surface area contributed by atoms with E-state index in [0.717, 1.165) is 34.4 Å². The van der Waals surface area contributed by atoms with Gasteiger partial charge in [0.05, 0.1) is 0 Å². The fourth-order valence-corrected chi connectivity index (χ4v) is 2.99. The van der Waals surface area contributed by atoms with Crippen LogP contribution in [0.15, 0.2) is 24.4 Å². The zero-order valence-electron chi connectivity index (χ0n) is 13.8. The lowest BCUT2D eigenvalue weighted by molar-refractivity contribution is 0.304. The molecule has 0 spiro atoms. The Morgan fingerprint density at radius 1 is 1.10 bits per heavy atom. The fourth-order valence-electron chi connectivity index (χ4n) is 2.99. The summed E-state index contributed by atoms with van der Waals surface area (Å²) < 4.78 is 0. The summed E-state index contributed by atoms with van der Waals surface area (Å²) in [5.74, 6) is 1.99. The number of nitrogens with zero attached hydrogens (tertiary/aromatic N) is 1. The number of nitrogens with two attached hydrogens (primary N) is 1. The molecule has 0 saturated heterocycles. The Bertz CT molecular complexity index is 609. The Morgan fingerprint density at radius 3 is 2.38 bits per heavy atom. The van der Waals surface area contributed by atoms with Crippen molar-refractivity contribution in [2.45, 2.75) is 34.6 Å². The second-order valence-electron chi connectivity index (χ2n) is 6.61. The monoisotopic (exact) mass is 285 g/mol. The van der Waals surface area contributed by atoms with Gasteiger partial charge in [0, 0.05) is 40.6 Å². The first-order valence-corrected chi connectivity index (χ1v) is 7.79. The lowest BCUT2D eigenvalue weighted by Gasteiger charge is -2.26. The molecule has 0 amide bonds. The van der Waals surface area contributed by atoms with Gasteiger partial charge in [0.25, 0.3) is 0 Å². The molecule has 0 atom stereocenters. The third-order valence-corrected chi connectivity index (χ3v) is 4.31. The van der Waals surface area contributed by atoms with Gasteiger partial charge in [-0.3, -0.25) is 4.98 Å². The van der Waals surface area contributed by atoms with E-state index in [1.165, 1.54) is 0 Å². The second-order valence-corrected chi connectivity index (χ2v) is 6.61. The number of benzene rings is 1. The number of nitrogens with one attached hydrogen (secondary N) is 1. The minimum atomic E-state index is 0.653. The number of aryl methyl sites for hydroxylation is 1. The Hall–Kier alpha value is -1.77. The van der Waals surface area contributed by atoms with E-state index in [4.69, 9.17) is 5.73 Å². The summed E-state index contributed by atoms with van der Waals surface area (Å²) in [4.78, 5) is 4.35. The number of hydrogen-bond donors (Lipinski definition) is 2. The van der Waals surface area contributed by atoms with Crippen molar-refractivity contribution in [3.05, 3.63) is 30.1 Å². The van der Waals surface area contributed by atoms with Crippen LogP contribution in [0.4, 0.5) is 11.4 Å². The van der Waals surface area contributed by atoms with Gasteiger partial charge in [0.15, 0.2) is 0 Å². The summed E-state index contributed by atoms with van der Waals surface area (Å²) in [5.41, 5.74) is 9.01. The molecule has 114 valence electrons. The van der Waals surface area contributed by atoms with Gasteiger partial charge in [0.2, 0.25) is 0 Å². The van der Waals surface area contributed by atoms with Crippen LogP contribution in [0.5, 0.6) is 0 Å². The van der Waals surface area contributed by atoms with Crippen molar-refractivity contribution in [3.63, 3.8) is 0 Å². The van der Waals surface area contributed by atoms with Gasteiger partial charge < -0.3 is 11.1 Å². The molecule has 0 aliphatic carbocycles. The van der Waals surface area contributed by atoms with E-state index in [1.54, 1.807) is 0 Å². The number of hydrogen-bond acceptors (Lipinski definition) is 3. The highest BCUT2D eigenvalue weighted by Gasteiger charge is 2.17. The molecule has 1 aromatic heterocycles. The molecule has 1 aromatic carbocycles. The number of rotatable bonds is 5. The van der Waals surface area contributed by atoms with E-state index in [-0.39, 0.29) is 0 Å². The Balaban J connectivity index is 2.30. The smallest absolute Gasteiger partial charge is 0.0422 e. The highest BCUT2D eigenvalue weighted by molar-refractivity contribution is 6.00. The van der Waals surface area contributed by atoms with Gasteiger partial charge >= 0.3 is 0 Å². The molecular formula is C18H27N3. The summed E-state index contributed by atoms with van der Waals surface area (Å²) in [6, 6.07) is 6.14. The van der Waals surface area contributed by atoms with Gasteiger partial charge in [-0.25, -0.2) is 0 Å². The minimum absolute atomic E-state index is 0.653. The average Bonchev–Trinajstić information content (AvgIpc) is 2.40. The maximum atomic E-state index is 6.06. The molecule has 2 aromatic rings. The van der Waals surface area contributed by atoms with Crippen molar-refractivity contribution in [1.29, 1.82) is 0 Å². The van der Waals surface area contributed by atoms with Crippen molar-refractivity contribution < 1.29 is 0 Å². The molecule has 0 saturated carbocycles. The number of fused-ring (bicyclic) bond motifs is 1. The van der Waals surface area contributed by atoms with Crippen LogP contribution >= 0.6 is 0 Å². The summed E-state index contributed by atoms with van der Waals surface area (Å²) >= 11 is 0. The SMILES string of the molecule is Cc1cc2c(NCC(C(C)C)C(C)C)ccc(N)c2cn1. The minimum Gasteiger partial charge on any atom is -0.398 e. The van der Waals surface area contributed by atoms with E-state index in [1.807, 2.05) is 19.2 Å². The van der Waals surface area contributed by atoms with Crippen molar-refractivity contribution in [1.82, 2.24) is 4.98 Å². The Morgan fingerprint density at radius 2 is 1.76 bits per heavy atom. The molecule has 3 nitrogen and oxygen atoms in total. The predicted molar refractivity (Wildman–Crippen MR) is 92.5 cm³/mol. The summed E-state index contributed by atoms with van der Waals surface area (Å²) in [7, 11) is 0. The number of anilines is 2. The largest absolute Gasteiger partial charge is 0.398 e. The Labute approximate surface area is 128 Å². The van der Waals surface area contributed by atoms with Gasteiger partial charge in [-0.1, -0.05) is 27.7 Å². The van der Waals surface area contributed by atoms with Gasteiger partial charge in [-0.2, -0.15) is 0 Å². The number of pyridine rings is 1. The lowest BCUT2D eigenvalue weighted by atomic mass is 9.85. The van der Waals surface area contributed by atoms with Crippen LogP contribution in [0.3, 0.4) is 0 Å². The molecule has 0 aliphatic heterocycles. The van der Waals surface area contributed by atoms with E-state index in [0.29, 0.717) is 17.8 Å². The van der Waals surface area contributed by atoms with Crippen LogP contribution in [-0.2, 0) is 0 Å². The average molecular weight is 285 g/mol. The second kappa shape index (κ2) is 6.33. The van der Waals surface area contributed by atoms with E-state index in [9.17, 15) is 0 Å². The van der Waals surface area contributed by atoms with E-state index in [2.05, 4.69) is 50.1 Å². The molecular weight excluding hydrogens is 258 g/mol. The molecule has 0 fully saturated rings. The van der Waals surface area contributed by atoms with Crippen LogP contribution < -0.4 is 11.1 Å². The predicted octanol–water partition coefficient (Wildman–Crippen LogP) is 4.47. The first kappa shape index (κ1) is 15.6. The molecule has 0 unspecified atom stereocenters. The molecule has 0 aliphatic rings. The normalized spacial score (nSPS) is 11.8. The zero-order chi connectivity index (χ0) is 15.6. The van der Waals surface area contributed by atoms with Crippen LogP contribution in [0, 0.1) is 24.7 Å². The van der Waals surface area contributed by atoms with Crippen LogP contribution in [0.1, 0.15) is 33.4 Å². The third kappa shape index (κ3) is 3.46. The molecule has 0 radical (unpaired) electrons. The fraction of sp³-hybridized carbons (Fsp3) is 0.500. The quantitative estimate of drug-likeness (QED) is 0.797. The van der Waals surface area contributed by atoms with E-state index >= 15 is 0 Å². The molecule has 0 bridgehead atoms. The maximum absolute atomic E-state index is 6.06. The summed E-state index contributed by atoms with van der Waals surface area (Å²) in [6.45, 7) is 12.2. The van der Waals surface area contributed by atoms with Crippen molar-refractivity contribution in [2.24, 2.45) is 17.8 Å². The zero-order valence-corrected chi connectivity index (χ0v) is 13.8. The highest BCUT2D eigenvalue weighted by Crippen LogP contribution is 2.29. The first-order valence-electron chi connectivity index (χ1n) is 7.79. The maximum Gasteiger partial charge on any atom is 0.0422 e. The van der Waals surface area contributed by atoms with Crippen molar-refractivity contribution >= 4 is 22.1 Å². The van der Waals surface area contributed by atoms with Crippen molar-refractivity contribution in [3.8, 4) is 0 Å². The summed E-state index contributed by atoms with van der Waals surface area (Å²) in [6.07, 6.45) is 1.87. The van der Waals surface area contributed by atoms with Crippen LogP contribution in [0.2, 0.25) is 0 Å². The first-order chi connectivity index (χ1) is 9.90. The van der Waals surface area contributed by atoms with Gasteiger partial charge in [0.1, 0.15) is 0 Å². The highest BCUT2D eigenvalue weighted by atomic mass is 14.9. The van der Waals surface area contributed by atoms with Gasteiger partial charge in [-0.15, -0.1) is 0 Å². The van der Waals surface area contributed by atoms with Gasteiger partial charge in [-0.05, 0) is 42.9 Å². The number of aromatic nitrogens is 1. The third-order valence-electron chi connectivity index (χ3n) is 4.31. The molecule has 3 N–H and O–H groups in total. The molecule has 1 heterocycles.